The van der Waals surface area contributed by atoms with Gasteiger partial charge in [-0.05, 0) is 41.5 Å². The van der Waals surface area contributed by atoms with Gasteiger partial charge in [0.2, 0.25) is 0 Å². The average molecular weight is 336 g/mol. The van der Waals surface area contributed by atoms with E-state index in [9.17, 15) is 13.2 Å². The Kier molecular flexibility index (Phi) is 6.60. The Morgan fingerprint density at radius 2 is 1.05 bits per heavy atom. The zero-order valence-electron chi connectivity index (χ0n) is 13.7. The zero-order chi connectivity index (χ0) is 17.1. The Labute approximate surface area is 130 Å². The highest BCUT2D eigenvalue weighted by atomic mass is 28.4. The van der Waals surface area contributed by atoms with Crippen molar-refractivity contribution in [1.29, 1.82) is 0 Å². The van der Waals surface area contributed by atoms with Gasteiger partial charge in [0.1, 0.15) is 17.5 Å². The quantitative estimate of drug-likeness (QED) is 0.713. The van der Waals surface area contributed by atoms with Gasteiger partial charge >= 0.3 is 8.80 Å². The summed E-state index contributed by atoms with van der Waals surface area (Å²) in [6, 6.07) is 1.22. The molecule has 0 radical (unpaired) electrons. The molecule has 0 atom stereocenters. The van der Waals surface area contributed by atoms with Crippen LogP contribution in [0.1, 0.15) is 41.5 Å². The lowest BCUT2D eigenvalue weighted by Gasteiger charge is -2.34. The monoisotopic (exact) mass is 336 g/mol. The first-order chi connectivity index (χ1) is 10.1. The second-order valence-corrected chi connectivity index (χ2v) is 8.12. The van der Waals surface area contributed by atoms with Gasteiger partial charge in [-0.2, -0.15) is 0 Å². The number of hydrogen-bond donors (Lipinski definition) is 0. The molecule has 7 heteroatoms. The molecule has 1 aromatic rings. The van der Waals surface area contributed by atoms with Gasteiger partial charge in [0.05, 0.1) is 5.19 Å². The van der Waals surface area contributed by atoms with E-state index in [2.05, 4.69) is 0 Å². The third-order valence-corrected chi connectivity index (χ3v) is 5.92. The number of benzene rings is 1. The molecule has 0 saturated carbocycles. The van der Waals surface area contributed by atoms with E-state index in [1.165, 1.54) is 0 Å². The maximum atomic E-state index is 14.3. The van der Waals surface area contributed by atoms with Crippen molar-refractivity contribution < 1.29 is 26.4 Å². The molecular formula is C15H23F3O3Si. The first kappa shape index (κ1) is 19.2. The van der Waals surface area contributed by atoms with E-state index in [1.807, 2.05) is 0 Å². The van der Waals surface area contributed by atoms with Crippen molar-refractivity contribution in [3.8, 4) is 0 Å². The molecule has 126 valence electrons. The molecule has 0 aliphatic rings. The summed E-state index contributed by atoms with van der Waals surface area (Å²) in [7, 11) is -3.89. The van der Waals surface area contributed by atoms with Gasteiger partial charge in [-0.15, -0.1) is 0 Å². The molecule has 0 aromatic heterocycles. The highest BCUT2D eigenvalue weighted by Gasteiger charge is 2.51. The molecule has 22 heavy (non-hydrogen) atoms. The number of halogens is 3. The summed E-state index contributed by atoms with van der Waals surface area (Å²) in [5, 5.41) is -0.454. The maximum Gasteiger partial charge on any atom is 0.543 e. The van der Waals surface area contributed by atoms with Crippen LogP contribution in [0.25, 0.3) is 0 Å². The van der Waals surface area contributed by atoms with Crippen LogP contribution in [0.15, 0.2) is 12.1 Å². The van der Waals surface area contributed by atoms with Crippen LogP contribution in [0.5, 0.6) is 0 Å². The molecule has 0 N–H and O–H groups in total. The predicted molar refractivity (Wildman–Crippen MR) is 80.4 cm³/mol. The minimum absolute atomic E-state index is 0.381. The summed E-state index contributed by atoms with van der Waals surface area (Å²) in [5.74, 6) is -3.13. The van der Waals surface area contributed by atoms with Crippen LogP contribution in [0.3, 0.4) is 0 Å². The summed E-state index contributed by atoms with van der Waals surface area (Å²) in [5.41, 5.74) is 0. The summed E-state index contributed by atoms with van der Waals surface area (Å²) < 4.78 is 59.0. The average Bonchev–Trinajstić information content (AvgIpc) is 2.22. The Morgan fingerprint density at radius 1 is 0.727 bits per heavy atom. The van der Waals surface area contributed by atoms with Crippen molar-refractivity contribution in [3.63, 3.8) is 0 Å². The second-order valence-electron chi connectivity index (χ2n) is 5.80. The lowest BCUT2D eigenvalue weighted by Crippen LogP contribution is -2.62. The third-order valence-electron chi connectivity index (χ3n) is 2.49. The van der Waals surface area contributed by atoms with E-state index in [-0.39, 0.29) is 18.3 Å². The largest absolute Gasteiger partial charge is 0.543 e. The molecule has 0 spiro atoms. The van der Waals surface area contributed by atoms with Gasteiger partial charge in [-0.1, -0.05) is 0 Å². The van der Waals surface area contributed by atoms with Crippen LogP contribution < -0.4 is 5.19 Å². The summed E-state index contributed by atoms with van der Waals surface area (Å²) in [6.07, 6.45) is -1.14. The fourth-order valence-corrected chi connectivity index (χ4v) is 5.14. The van der Waals surface area contributed by atoms with Gasteiger partial charge in [0.25, 0.3) is 0 Å². The Morgan fingerprint density at radius 3 is 1.32 bits per heavy atom. The number of rotatable bonds is 7. The highest BCUT2D eigenvalue weighted by Crippen LogP contribution is 2.21. The lowest BCUT2D eigenvalue weighted by molar-refractivity contribution is 0.0143. The van der Waals surface area contributed by atoms with Crippen LogP contribution in [0.4, 0.5) is 13.2 Å². The molecule has 1 aromatic carbocycles. The summed E-state index contributed by atoms with van der Waals surface area (Å²) in [6.45, 7) is 10.3. The van der Waals surface area contributed by atoms with Gasteiger partial charge in [-0.3, -0.25) is 0 Å². The molecule has 1 rings (SSSR count). The number of hydrogen-bond acceptors (Lipinski definition) is 3. The zero-order valence-corrected chi connectivity index (χ0v) is 14.7. The smallest absolute Gasteiger partial charge is 0.367 e. The molecule has 0 bridgehead atoms. The minimum Gasteiger partial charge on any atom is -0.367 e. The lowest BCUT2D eigenvalue weighted by atomic mass is 10.3. The van der Waals surface area contributed by atoms with E-state index in [1.54, 1.807) is 41.5 Å². The van der Waals surface area contributed by atoms with Gasteiger partial charge in [-0.25, -0.2) is 13.2 Å². The molecule has 0 aliphatic heterocycles. The SMILES string of the molecule is CC(C)O[Si](OC(C)C)(OC(C)C)c1c(F)cc(F)cc1F. The molecular weight excluding hydrogens is 313 g/mol. The standard InChI is InChI=1S/C15H23F3O3Si/c1-9(2)19-22(20-10(3)4,21-11(5)6)15-13(17)7-12(16)8-14(15)18/h7-11H,1-6H3. The van der Waals surface area contributed by atoms with E-state index >= 15 is 0 Å². The van der Waals surface area contributed by atoms with Gasteiger partial charge in [0, 0.05) is 30.4 Å². The molecule has 0 heterocycles. The summed E-state index contributed by atoms with van der Waals surface area (Å²) >= 11 is 0. The van der Waals surface area contributed by atoms with Crippen molar-refractivity contribution in [2.24, 2.45) is 0 Å². The molecule has 0 amide bonds. The summed E-state index contributed by atoms with van der Waals surface area (Å²) in [4.78, 5) is 0. The van der Waals surface area contributed by atoms with Crippen molar-refractivity contribution in [3.05, 3.63) is 29.6 Å². The van der Waals surface area contributed by atoms with Crippen LogP contribution in [0, 0.1) is 17.5 Å². The normalized spacial score (nSPS) is 12.7. The predicted octanol–water partition coefficient (Wildman–Crippen LogP) is 3.52. The molecule has 0 aliphatic carbocycles. The van der Waals surface area contributed by atoms with E-state index in [0.717, 1.165) is 0 Å². The molecule has 3 nitrogen and oxygen atoms in total. The maximum absolute atomic E-state index is 14.3. The molecule has 0 saturated heterocycles. The first-order valence-corrected chi connectivity index (χ1v) is 8.98. The topological polar surface area (TPSA) is 27.7 Å². The van der Waals surface area contributed by atoms with Crippen molar-refractivity contribution in [2.45, 2.75) is 59.9 Å². The van der Waals surface area contributed by atoms with Crippen LogP contribution in [-0.2, 0) is 13.3 Å². The molecule has 0 fully saturated rings. The van der Waals surface area contributed by atoms with E-state index in [4.69, 9.17) is 13.3 Å². The minimum atomic E-state index is -3.89. The van der Waals surface area contributed by atoms with Crippen LogP contribution in [0.2, 0.25) is 0 Å². The second kappa shape index (κ2) is 7.59. The van der Waals surface area contributed by atoms with Crippen molar-refractivity contribution in [2.75, 3.05) is 0 Å². The van der Waals surface area contributed by atoms with Crippen LogP contribution >= 0.6 is 0 Å². The Bertz CT molecular complexity index is 457. The highest BCUT2D eigenvalue weighted by molar-refractivity contribution is 6.75. The fourth-order valence-electron chi connectivity index (χ4n) is 2.03. The van der Waals surface area contributed by atoms with Crippen LogP contribution in [-0.4, -0.2) is 27.1 Å². The van der Waals surface area contributed by atoms with E-state index < -0.39 is 31.4 Å². The van der Waals surface area contributed by atoms with Crippen molar-refractivity contribution >= 4 is 14.0 Å². The fraction of sp³-hybridized carbons (Fsp3) is 0.600. The van der Waals surface area contributed by atoms with Gasteiger partial charge < -0.3 is 13.3 Å². The van der Waals surface area contributed by atoms with Crippen molar-refractivity contribution in [1.82, 2.24) is 0 Å². The Balaban J connectivity index is 3.52. The molecule has 0 unspecified atom stereocenters. The first-order valence-electron chi connectivity index (χ1n) is 7.26. The van der Waals surface area contributed by atoms with Gasteiger partial charge in [0.15, 0.2) is 0 Å². The van der Waals surface area contributed by atoms with E-state index in [0.29, 0.717) is 12.1 Å². The third kappa shape index (κ3) is 4.81. The Hall–Kier alpha value is -0.893.